The quantitative estimate of drug-likeness (QED) is 0.620. The van der Waals surface area contributed by atoms with Crippen molar-refractivity contribution in [3.63, 3.8) is 0 Å². The number of amides is 2. The van der Waals surface area contributed by atoms with E-state index in [1.807, 2.05) is 18.2 Å². The largest absolute Gasteiger partial charge is 0.497 e. The summed E-state index contributed by atoms with van der Waals surface area (Å²) in [6.45, 7) is 1.77. The number of hydrogen-bond donors (Lipinski definition) is 2. The normalized spacial score (nSPS) is 17.5. The predicted octanol–water partition coefficient (Wildman–Crippen LogP) is 2.79. The van der Waals surface area contributed by atoms with E-state index in [0.717, 1.165) is 0 Å². The topological polar surface area (TPSA) is 105 Å². The maximum absolute atomic E-state index is 13.1. The Morgan fingerprint density at radius 3 is 2.47 bits per heavy atom. The molecule has 0 saturated carbocycles. The molecule has 10 nitrogen and oxygen atoms in total. The Morgan fingerprint density at radius 2 is 1.79 bits per heavy atom. The first-order valence-electron chi connectivity index (χ1n) is 10.4. The number of amidine groups is 1. The summed E-state index contributed by atoms with van der Waals surface area (Å²) in [6.07, 6.45) is 2.70. The summed E-state index contributed by atoms with van der Waals surface area (Å²) in [7, 11) is 4.65. The molecule has 2 unspecified atom stereocenters. The van der Waals surface area contributed by atoms with Gasteiger partial charge < -0.3 is 19.5 Å². The highest BCUT2D eigenvalue weighted by molar-refractivity contribution is 8.14. The molecular weight excluding hydrogens is 458 g/mol. The molecule has 4 rings (SSSR count). The Kier molecular flexibility index (Phi) is 6.82. The third-order valence-corrected chi connectivity index (χ3v) is 6.32. The van der Waals surface area contributed by atoms with E-state index < -0.39 is 11.4 Å². The van der Waals surface area contributed by atoms with Gasteiger partial charge in [-0.15, -0.1) is 0 Å². The fraction of sp³-hybridized carbons (Fsp3) is 0.261. The summed E-state index contributed by atoms with van der Waals surface area (Å²) in [5.41, 5.74) is 4.05. The summed E-state index contributed by atoms with van der Waals surface area (Å²) >= 11 is 1.24. The first-order chi connectivity index (χ1) is 16.4. The molecule has 2 N–H and O–H groups in total. The van der Waals surface area contributed by atoms with Crippen LogP contribution in [0.4, 0.5) is 11.4 Å². The number of rotatable bonds is 7. The number of methoxy groups -OCH3 is 3. The third kappa shape index (κ3) is 4.60. The zero-order valence-electron chi connectivity index (χ0n) is 19.1. The van der Waals surface area contributed by atoms with Crippen molar-refractivity contribution >= 4 is 40.1 Å². The van der Waals surface area contributed by atoms with Gasteiger partial charge in [-0.2, -0.15) is 5.10 Å². The van der Waals surface area contributed by atoms with Gasteiger partial charge in [0.05, 0.1) is 32.3 Å². The molecule has 0 aromatic heterocycles. The molecule has 0 fully saturated rings. The Bertz CT molecular complexity index is 1130. The summed E-state index contributed by atoms with van der Waals surface area (Å²) < 4.78 is 15.9. The van der Waals surface area contributed by atoms with Crippen molar-refractivity contribution in [2.45, 2.75) is 18.3 Å². The lowest BCUT2D eigenvalue weighted by Crippen LogP contribution is -2.52. The minimum Gasteiger partial charge on any atom is -0.497 e. The van der Waals surface area contributed by atoms with Crippen LogP contribution < -0.4 is 29.9 Å². The van der Waals surface area contributed by atoms with E-state index in [9.17, 15) is 9.59 Å². The summed E-state index contributed by atoms with van der Waals surface area (Å²) in [6, 6.07) is 12.4. The van der Waals surface area contributed by atoms with E-state index in [1.54, 1.807) is 69.8 Å². The van der Waals surface area contributed by atoms with Crippen LogP contribution >= 0.6 is 11.8 Å². The van der Waals surface area contributed by atoms with E-state index in [-0.39, 0.29) is 11.8 Å². The number of nitrogens with one attached hydrogen (secondary N) is 2. The molecule has 0 saturated heterocycles. The number of nitrogens with zero attached hydrogens (tertiary/aromatic N) is 3. The second-order valence-corrected chi connectivity index (χ2v) is 8.67. The molecule has 2 aromatic carbocycles. The number of thioether (sulfide) groups is 1. The molecule has 2 amide bonds. The van der Waals surface area contributed by atoms with Crippen LogP contribution in [-0.2, 0) is 9.59 Å². The second kappa shape index (κ2) is 9.96. The van der Waals surface area contributed by atoms with Crippen molar-refractivity contribution in [3.05, 3.63) is 54.9 Å². The van der Waals surface area contributed by atoms with Gasteiger partial charge in [0.2, 0.25) is 12.1 Å². The lowest BCUT2D eigenvalue weighted by Gasteiger charge is -2.32. The zero-order chi connectivity index (χ0) is 24.2. The number of fused-ring (bicyclic) bond motifs is 1. The molecule has 2 atom stereocenters. The molecule has 11 heteroatoms. The minimum absolute atomic E-state index is 0.216. The lowest BCUT2D eigenvalue weighted by atomic mass is 10.2. The average molecular weight is 484 g/mol. The molecule has 2 aliphatic rings. The first kappa shape index (κ1) is 23.3. The van der Waals surface area contributed by atoms with Gasteiger partial charge in [-0.3, -0.25) is 24.8 Å². The summed E-state index contributed by atoms with van der Waals surface area (Å²) in [5, 5.41) is 7.18. The Balaban J connectivity index is 1.44. The van der Waals surface area contributed by atoms with Gasteiger partial charge in [0, 0.05) is 36.3 Å². The molecule has 0 bridgehead atoms. The van der Waals surface area contributed by atoms with Crippen LogP contribution in [0.2, 0.25) is 0 Å². The third-order valence-electron chi connectivity index (χ3n) is 5.24. The van der Waals surface area contributed by atoms with Crippen molar-refractivity contribution in [2.75, 3.05) is 31.5 Å². The van der Waals surface area contributed by atoms with Crippen LogP contribution in [0.3, 0.4) is 0 Å². The van der Waals surface area contributed by atoms with E-state index in [2.05, 4.69) is 15.8 Å². The number of carbonyl (C=O) groups excluding carboxylic acids is 2. The van der Waals surface area contributed by atoms with Gasteiger partial charge in [0.1, 0.15) is 17.2 Å². The van der Waals surface area contributed by atoms with Gasteiger partial charge in [-0.1, -0.05) is 23.9 Å². The Morgan fingerprint density at radius 1 is 1.09 bits per heavy atom. The molecule has 2 heterocycles. The van der Waals surface area contributed by atoms with Crippen LogP contribution in [0, 0.1) is 0 Å². The number of hydrazone groups is 1. The fourth-order valence-electron chi connectivity index (χ4n) is 3.46. The molecule has 0 aliphatic carbocycles. The first-order valence-corrected chi connectivity index (χ1v) is 11.3. The molecule has 2 aromatic rings. The van der Waals surface area contributed by atoms with Gasteiger partial charge in [0.25, 0.3) is 5.91 Å². The van der Waals surface area contributed by atoms with Gasteiger partial charge in [-0.05, 0) is 19.1 Å². The van der Waals surface area contributed by atoms with E-state index in [0.29, 0.717) is 33.8 Å². The Hall–Kier alpha value is -3.86. The van der Waals surface area contributed by atoms with E-state index >= 15 is 0 Å². The predicted molar refractivity (Wildman–Crippen MR) is 131 cm³/mol. The van der Waals surface area contributed by atoms with E-state index in [4.69, 9.17) is 14.2 Å². The van der Waals surface area contributed by atoms with Crippen molar-refractivity contribution in [1.82, 2.24) is 10.3 Å². The molecule has 0 radical (unpaired) electrons. The number of ether oxygens (including phenoxy) is 3. The van der Waals surface area contributed by atoms with E-state index in [1.165, 1.54) is 16.7 Å². The van der Waals surface area contributed by atoms with Crippen LogP contribution in [0.5, 0.6) is 17.2 Å². The fourth-order valence-corrected chi connectivity index (χ4v) is 4.34. The maximum atomic E-state index is 13.1. The summed E-state index contributed by atoms with van der Waals surface area (Å²) in [5.74, 6) is 1.28. The molecular formula is C23H25N5O5S. The number of benzene rings is 2. The summed E-state index contributed by atoms with van der Waals surface area (Å²) in [4.78, 5) is 29.2. The number of hydrogen-bond acceptors (Lipinski definition) is 9. The number of para-hydroxylation sites is 2. The molecule has 2 aliphatic heterocycles. The Labute approximate surface area is 201 Å². The lowest BCUT2D eigenvalue weighted by molar-refractivity contribution is -0.122. The average Bonchev–Trinajstić information content (AvgIpc) is 3.27. The van der Waals surface area contributed by atoms with Crippen LogP contribution in [0.15, 0.2) is 60.0 Å². The molecule has 0 spiro atoms. The van der Waals surface area contributed by atoms with Gasteiger partial charge in [0.15, 0.2) is 5.17 Å². The monoisotopic (exact) mass is 483 g/mol. The van der Waals surface area contributed by atoms with Gasteiger partial charge >= 0.3 is 0 Å². The zero-order valence-corrected chi connectivity index (χ0v) is 20.0. The second-order valence-electron chi connectivity index (χ2n) is 7.36. The SMILES string of the molecule is COc1cc(NC(=O)C(C)SC2=NNC3C(=O)N(c4ccccc4OC)C=CN23)cc(OC)c1. The maximum Gasteiger partial charge on any atom is 0.276 e. The molecule has 34 heavy (non-hydrogen) atoms. The number of carbonyl (C=O) groups is 2. The van der Waals surface area contributed by atoms with Crippen molar-refractivity contribution in [1.29, 1.82) is 0 Å². The van der Waals surface area contributed by atoms with Gasteiger partial charge in [-0.25, -0.2) is 0 Å². The smallest absolute Gasteiger partial charge is 0.276 e. The van der Waals surface area contributed by atoms with Crippen molar-refractivity contribution < 1.29 is 23.8 Å². The van der Waals surface area contributed by atoms with Crippen molar-refractivity contribution in [3.8, 4) is 17.2 Å². The number of anilines is 2. The van der Waals surface area contributed by atoms with Crippen LogP contribution in [-0.4, -0.2) is 54.6 Å². The highest BCUT2D eigenvalue weighted by atomic mass is 32.2. The standard InChI is InChI=1S/C23H25N5O5S/c1-14(21(29)24-15-11-16(31-2)13-17(12-15)32-3)34-23-26-25-20-22(30)27(9-10-28(20)23)18-7-5-6-8-19(18)33-4/h5-14,20,25H,1-4H3,(H,24,29). The van der Waals surface area contributed by atoms with Crippen LogP contribution in [0.1, 0.15) is 6.92 Å². The van der Waals surface area contributed by atoms with Crippen LogP contribution in [0.25, 0.3) is 0 Å². The van der Waals surface area contributed by atoms with Crippen molar-refractivity contribution in [2.24, 2.45) is 5.10 Å². The minimum atomic E-state index is -0.713. The highest BCUT2D eigenvalue weighted by Gasteiger charge is 2.39. The molecule has 178 valence electrons. The highest BCUT2D eigenvalue weighted by Crippen LogP contribution is 2.33.